The Morgan fingerprint density at radius 2 is 1.61 bits per heavy atom. The lowest BCUT2D eigenvalue weighted by atomic mass is 10.2. The van der Waals surface area contributed by atoms with Gasteiger partial charge in [-0.3, -0.25) is 24.6 Å². The van der Waals surface area contributed by atoms with Crippen molar-refractivity contribution in [2.24, 2.45) is 0 Å². The first-order valence-corrected chi connectivity index (χ1v) is 11.1. The molecule has 33 heavy (non-hydrogen) atoms. The maximum absolute atomic E-state index is 12.4. The standard InChI is InChI=1S/C22H26N4O5.C2H6/c1-31-20-8-2-17(3-9-20)16-24-12-14-25(15-13-24)21(27)10-11-23-22(28)18-4-6-19(7-5-18)26(29)30;1-2/h2-9H,10-16H2,1H3,(H,23,28);1-2H3. The van der Waals surface area contributed by atoms with Gasteiger partial charge in [-0.15, -0.1) is 0 Å². The fourth-order valence-corrected chi connectivity index (χ4v) is 3.42. The second kappa shape index (κ2) is 13.2. The largest absolute Gasteiger partial charge is 0.497 e. The fourth-order valence-electron chi connectivity index (χ4n) is 3.42. The number of rotatable bonds is 8. The van der Waals surface area contributed by atoms with Crippen molar-refractivity contribution in [3.63, 3.8) is 0 Å². The number of nitrogens with one attached hydrogen (secondary N) is 1. The highest BCUT2D eigenvalue weighted by molar-refractivity contribution is 5.94. The van der Waals surface area contributed by atoms with Crippen LogP contribution < -0.4 is 10.1 Å². The van der Waals surface area contributed by atoms with Crippen LogP contribution in [0.15, 0.2) is 48.5 Å². The molecule has 9 nitrogen and oxygen atoms in total. The molecule has 0 saturated carbocycles. The zero-order chi connectivity index (χ0) is 24.2. The van der Waals surface area contributed by atoms with Gasteiger partial charge in [0.15, 0.2) is 0 Å². The van der Waals surface area contributed by atoms with Gasteiger partial charge in [0.05, 0.1) is 12.0 Å². The third-order valence-corrected chi connectivity index (χ3v) is 5.25. The van der Waals surface area contributed by atoms with E-state index in [1.54, 1.807) is 7.11 Å². The van der Waals surface area contributed by atoms with Gasteiger partial charge in [0.25, 0.3) is 11.6 Å². The molecule has 0 bridgehead atoms. The predicted molar refractivity (Wildman–Crippen MR) is 126 cm³/mol. The van der Waals surface area contributed by atoms with Crippen molar-refractivity contribution in [3.05, 3.63) is 69.8 Å². The molecule has 0 aliphatic carbocycles. The van der Waals surface area contributed by atoms with Crippen LogP contribution in [0.1, 0.15) is 36.2 Å². The molecule has 1 saturated heterocycles. The van der Waals surface area contributed by atoms with Gasteiger partial charge in [-0.2, -0.15) is 0 Å². The number of carbonyl (C=O) groups excluding carboxylic acids is 2. The normalized spacial score (nSPS) is 13.5. The number of nitro benzene ring substituents is 1. The number of methoxy groups -OCH3 is 1. The molecule has 1 N–H and O–H groups in total. The summed E-state index contributed by atoms with van der Waals surface area (Å²) in [5.41, 5.74) is 1.46. The van der Waals surface area contributed by atoms with E-state index in [0.29, 0.717) is 18.7 Å². The quantitative estimate of drug-likeness (QED) is 0.483. The monoisotopic (exact) mass is 456 g/mol. The summed E-state index contributed by atoms with van der Waals surface area (Å²) in [5.74, 6) is 0.486. The summed E-state index contributed by atoms with van der Waals surface area (Å²) in [6, 6.07) is 13.3. The van der Waals surface area contributed by atoms with Crippen molar-refractivity contribution in [1.29, 1.82) is 0 Å². The Bertz CT molecular complexity index is 907. The van der Waals surface area contributed by atoms with Gasteiger partial charge in [-0.25, -0.2) is 0 Å². The number of hydrogen-bond acceptors (Lipinski definition) is 6. The molecule has 0 radical (unpaired) electrons. The third kappa shape index (κ3) is 7.87. The lowest BCUT2D eigenvalue weighted by molar-refractivity contribution is -0.384. The van der Waals surface area contributed by atoms with Gasteiger partial charge in [0.2, 0.25) is 5.91 Å². The number of hydrogen-bond donors (Lipinski definition) is 1. The molecule has 9 heteroatoms. The van der Waals surface area contributed by atoms with Gasteiger partial charge in [0, 0.05) is 63.4 Å². The molecule has 0 spiro atoms. The summed E-state index contributed by atoms with van der Waals surface area (Å²) in [5, 5.41) is 13.4. The Morgan fingerprint density at radius 3 is 2.15 bits per heavy atom. The topological polar surface area (TPSA) is 105 Å². The van der Waals surface area contributed by atoms with Crippen LogP contribution >= 0.6 is 0 Å². The summed E-state index contributed by atoms with van der Waals surface area (Å²) >= 11 is 0. The van der Waals surface area contributed by atoms with Crippen LogP contribution in [0.2, 0.25) is 0 Å². The van der Waals surface area contributed by atoms with E-state index in [0.717, 1.165) is 25.4 Å². The molecular weight excluding hydrogens is 424 g/mol. The zero-order valence-electron chi connectivity index (χ0n) is 19.5. The molecule has 2 amide bonds. The first-order valence-electron chi connectivity index (χ1n) is 11.1. The van der Waals surface area contributed by atoms with E-state index < -0.39 is 4.92 Å². The SMILES string of the molecule is CC.COc1ccc(CN2CCN(C(=O)CCNC(=O)c3ccc([N+](=O)[O-])cc3)CC2)cc1. The maximum Gasteiger partial charge on any atom is 0.269 e. The number of amides is 2. The second-order valence-corrected chi connectivity index (χ2v) is 7.31. The van der Waals surface area contributed by atoms with E-state index in [1.165, 1.54) is 29.8 Å². The van der Waals surface area contributed by atoms with Crippen molar-refractivity contribution in [2.75, 3.05) is 39.8 Å². The van der Waals surface area contributed by atoms with E-state index in [1.807, 2.05) is 43.0 Å². The average molecular weight is 457 g/mol. The molecule has 1 aliphatic heterocycles. The van der Waals surface area contributed by atoms with Crippen LogP contribution in [0.4, 0.5) is 5.69 Å². The first-order chi connectivity index (χ1) is 16.0. The van der Waals surface area contributed by atoms with Gasteiger partial charge in [-0.05, 0) is 29.8 Å². The average Bonchev–Trinajstić information content (AvgIpc) is 2.86. The van der Waals surface area contributed by atoms with E-state index in [9.17, 15) is 19.7 Å². The summed E-state index contributed by atoms with van der Waals surface area (Å²) in [4.78, 5) is 38.8. The minimum absolute atomic E-state index is 0.00750. The van der Waals surface area contributed by atoms with Gasteiger partial charge >= 0.3 is 0 Å². The molecule has 0 unspecified atom stereocenters. The number of nitro groups is 1. The number of benzene rings is 2. The van der Waals surface area contributed by atoms with Crippen LogP contribution in [0.3, 0.4) is 0 Å². The number of piperazine rings is 1. The Morgan fingerprint density at radius 1 is 1.00 bits per heavy atom. The number of non-ortho nitro benzene ring substituents is 1. The summed E-state index contributed by atoms with van der Waals surface area (Å²) in [7, 11) is 1.65. The van der Waals surface area contributed by atoms with Crippen LogP contribution in [-0.2, 0) is 11.3 Å². The van der Waals surface area contributed by atoms with Crippen molar-refractivity contribution >= 4 is 17.5 Å². The molecule has 0 aromatic heterocycles. The molecule has 1 heterocycles. The molecule has 1 fully saturated rings. The Labute approximate surface area is 194 Å². The lowest BCUT2D eigenvalue weighted by Gasteiger charge is -2.34. The van der Waals surface area contributed by atoms with E-state index in [2.05, 4.69) is 10.2 Å². The highest BCUT2D eigenvalue weighted by atomic mass is 16.6. The van der Waals surface area contributed by atoms with Gasteiger partial charge in [0.1, 0.15) is 5.75 Å². The van der Waals surface area contributed by atoms with Crippen molar-refractivity contribution < 1.29 is 19.2 Å². The van der Waals surface area contributed by atoms with Gasteiger partial charge < -0.3 is 15.0 Å². The van der Waals surface area contributed by atoms with Crippen molar-refractivity contribution in [2.45, 2.75) is 26.8 Å². The maximum atomic E-state index is 12.4. The minimum atomic E-state index is -0.517. The molecular formula is C24H32N4O5. The van der Waals surface area contributed by atoms with E-state index in [-0.39, 0.29) is 30.5 Å². The van der Waals surface area contributed by atoms with Crippen LogP contribution in [0.25, 0.3) is 0 Å². The third-order valence-electron chi connectivity index (χ3n) is 5.25. The molecule has 0 atom stereocenters. The lowest BCUT2D eigenvalue weighted by Crippen LogP contribution is -2.48. The van der Waals surface area contributed by atoms with Crippen LogP contribution in [0.5, 0.6) is 5.75 Å². The minimum Gasteiger partial charge on any atom is -0.497 e. The smallest absolute Gasteiger partial charge is 0.269 e. The highest BCUT2D eigenvalue weighted by Crippen LogP contribution is 2.15. The molecule has 2 aromatic carbocycles. The number of ether oxygens (including phenoxy) is 1. The van der Waals surface area contributed by atoms with E-state index in [4.69, 9.17) is 4.74 Å². The second-order valence-electron chi connectivity index (χ2n) is 7.31. The van der Waals surface area contributed by atoms with Crippen LogP contribution in [-0.4, -0.2) is 66.4 Å². The first kappa shape index (κ1) is 25.8. The molecule has 3 rings (SSSR count). The summed E-state index contributed by atoms with van der Waals surface area (Å²) in [6.45, 7) is 7.97. The molecule has 1 aliphatic rings. The fraction of sp³-hybridized carbons (Fsp3) is 0.417. The Balaban J connectivity index is 0.00000187. The molecule has 2 aromatic rings. The Kier molecular flexibility index (Phi) is 10.3. The van der Waals surface area contributed by atoms with Crippen molar-refractivity contribution in [3.8, 4) is 5.75 Å². The van der Waals surface area contributed by atoms with Crippen molar-refractivity contribution in [1.82, 2.24) is 15.1 Å². The summed E-state index contributed by atoms with van der Waals surface area (Å²) < 4.78 is 5.18. The van der Waals surface area contributed by atoms with E-state index >= 15 is 0 Å². The predicted octanol–water partition coefficient (Wildman–Crippen LogP) is 3.09. The van der Waals surface area contributed by atoms with Crippen LogP contribution in [0, 0.1) is 10.1 Å². The molecule has 178 valence electrons. The van der Waals surface area contributed by atoms with Gasteiger partial charge in [-0.1, -0.05) is 26.0 Å². The summed E-state index contributed by atoms with van der Waals surface area (Å²) in [6.07, 6.45) is 0.219. The zero-order valence-corrected chi connectivity index (χ0v) is 19.5. The Hall–Kier alpha value is -3.46. The highest BCUT2D eigenvalue weighted by Gasteiger charge is 2.21. The number of carbonyl (C=O) groups is 2. The number of nitrogens with zero attached hydrogens (tertiary/aromatic N) is 3.